The molecule has 1 heterocycles. The highest BCUT2D eigenvalue weighted by molar-refractivity contribution is 5.80. The van der Waals surface area contributed by atoms with Crippen molar-refractivity contribution in [2.45, 2.75) is 48.0 Å². The summed E-state index contributed by atoms with van der Waals surface area (Å²) < 4.78 is 0. The molecule has 18 heavy (non-hydrogen) atoms. The predicted molar refractivity (Wildman–Crippen MR) is 79.2 cm³/mol. The van der Waals surface area contributed by atoms with Crippen LogP contribution in [0.15, 0.2) is 23.0 Å². The number of aromatic nitrogens is 2. The van der Waals surface area contributed by atoms with Gasteiger partial charge in [-0.1, -0.05) is 46.8 Å². The normalized spacial score (nSPS) is 9.00. The van der Waals surface area contributed by atoms with E-state index >= 15 is 0 Å². The summed E-state index contributed by atoms with van der Waals surface area (Å²) >= 11 is 0. The highest BCUT2D eigenvalue weighted by Gasteiger charge is 2.03. The van der Waals surface area contributed by atoms with Gasteiger partial charge in [0.1, 0.15) is 5.82 Å². The van der Waals surface area contributed by atoms with Crippen LogP contribution >= 0.6 is 0 Å². The van der Waals surface area contributed by atoms with Crippen molar-refractivity contribution in [1.82, 2.24) is 9.97 Å². The molecule has 3 nitrogen and oxygen atoms in total. The summed E-state index contributed by atoms with van der Waals surface area (Å²) in [6.07, 6.45) is 0.750. The average molecular weight is 248 g/mol. The van der Waals surface area contributed by atoms with E-state index in [1.165, 1.54) is 0 Å². The lowest BCUT2D eigenvalue weighted by atomic mass is 10.1. The number of nitrogens with one attached hydrogen (secondary N) is 1. The van der Waals surface area contributed by atoms with Crippen molar-refractivity contribution in [1.29, 1.82) is 0 Å². The third-order valence-electron chi connectivity index (χ3n) is 2.32. The second kappa shape index (κ2) is 8.45. The summed E-state index contributed by atoms with van der Waals surface area (Å²) in [4.78, 5) is 18.8. The Bertz CT molecular complexity index is 529. The van der Waals surface area contributed by atoms with Crippen LogP contribution in [0, 0.1) is 6.92 Å². The van der Waals surface area contributed by atoms with Crippen LogP contribution in [0.1, 0.15) is 46.0 Å². The van der Waals surface area contributed by atoms with Gasteiger partial charge in [0.15, 0.2) is 0 Å². The fourth-order valence-corrected chi connectivity index (χ4v) is 1.52. The van der Waals surface area contributed by atoms with Crippen molar-refractivity contribution in [3.63, 3.8) is 0 Å². The number of aryl methyl sites for hydroxylation is 2. The van der Waals surface area contributed by atoms with Gasteiger partial charge in [-0.15, -0.1) is 0 Å². The Morgan fingerprint density at radius 3 is 2.33 bits per heavy atom. The molecule has 3 heteroatoms. The lowest BCUT2D eigenvalue weighted by Crippen LogP contribution is -2.11. The van der Waals surface area contributed by atoms with Crippen LogP contribution in [0.25, 0.3) is 10.9 Å². The Labute approximate surface area is 109 Å². The first-order valence-corrected chi connectivity index (χ1v) is 6.71. The van der Waals surface area contributed by atoms with Crippen molar-refractivity contribution in [3.8, 4) is 0 Å². The second-order valence-electron chi connectivity index (χ2n) is 3.34. The van der Waals surface area contributed by atoms with Crippen molar-refractivity contribution in [2.24, 2.45) is 0 Å². The number of aromatic amines is 1. The first-order chi connectivity index (χ1) is 8.72. The molecule has 1 aromatic heterocycles. The maximum atomic E-state index is 11.6. The number of fused-ring (bicyclic) bond motifs is 1. The highest BCUT2D eigenvalue weighted by Crippen LogP contribution is 2.11. The lowest BCUT2D eigenvalue weighted by molar-refractivity contribution is 0.942. The number of benzene rings is 1. The van der Waals surface area contributed by atoms with Gasteiger partial charge in [-0.2, -0.15) is 0 Å². The molecule has 0 fully saturated rings. The zero-order valence-corrected chi connectivity index (χ0v) is 12.3. The van der Waals surface area contributed by atoms with E-state index in [1.54, 1.807) is 6.07 Å². The van der Waals surface area contributed by atoms with E-state index in [0.29, 0.717) is 5.39 Å². The van der Waals surface area contributed by atoms with Gasteiger partial charge in [0.2, 0.25) is 0 Å². The van der Waals surface area contributed by atoms with Crippen LogP contribution < -0.4 is 5.56 Å². The number of hydrogen-bond acceptors (Lipinski definition) is 2. The first kappa shape index (κ1) is 16.4. The number of H-pyrrole nitrogens is 1. The molecule has 0 aliphatic carbocycles. The van der Waals surface area contributed by atoms with E-state index in [1.807, 2.05) is 53.7 Å². The maximum absolute atomic E-state index is 11.6. The molecular weight excluding hydrogens is 224 g/mol. The molecule has 2 rings (SSSR count). The summed E-state index contributed by atoms with van der Waals surface area (Å²) in [6, 6.07) is 5.64. The lowest BCUT2D eigenvalue weighted by Gasteiger charge is -2.02. The Balaban J connectivity index is 0.000000659. The highest BCUT2D eigenvalue weighted by atomic mass is 16.1. The van der Waals surface area contributed by atoms with E-state index < -0.39 is 0 Å². The third-order valence-corrected chi connectivity index (χ3v) is 2.32. The van der Waals surface area contributed by atoms with E-state index in [-0.39, 0.29) is 5.56 Å². The molecule has 1 aromatic carbocycles. The van der Waals surface area contributed by atoms with Gasteiger partial charge in [0, 0.05) is 6.42 Å². The van der Waals surface area contributed by atoms with Crippen molar-refractivity contribution in [2.75, 3.05) is 0 Å². The minimum atomic E-state index is -0.0458. The second-order valence-corrected chi connectivity index (χ2v) is 3.34. The minimum absolute atomic E-state index is 0.0458. The molecule has 100 valence electrons. The molecule has 0 atom stereocenters. The minimum Gasteiger partial charge on any atom is -0.310 e. The predicted octanol–water partition coefficient (Wildman–Crippen LogP) is 3.85. The van der Waals surface area contributed by atoms with Gasteiger partial charge >= 0.3 is 0 Å². The topological polar surface area (TPSA) is 45.8 Å². The van der Waals surface area contributed by atoms with Gasteiger partial charge in [-0.3, -0.25) is 4.79 Å². The van der Waals surface area contributed by atoms with Crippen LogP contribution in [0.2, 0.25) is 0 Å². The number of hydrogen-bond donors (Lipinski definition) is 1. The Hall–Kier alpha value is -1.64. The standard InChI is InChI=1S/C11H12N2O.2C2H6/c1-3-9-12-10-7(2)5-4-6-8(10)11(14)13-9;2*1-2/h4-6H,3H2,1-2H3,(H,12,13,14);2*1-2H3. The van der Waals surface area contributed by atoms with E-state index in [2.05, 4.69) is 9.97 Å². The molecule has 0 amide bonds. The summed E-state index contributed by atoms with van der Waals surface area (Å²) in [5.41, 5.74) is 1.81. The van der Waals surface area contributed by atoms with Crippen molar-refractivity contribution in [3.05, 3.63) is 39.9 Å². The van der Waals surface area contributed by atoms with Crippen molar-refractivity contribution < 1.29 is 0 Å². The van der Waals surface area contributed by atoms with Gasteiger partial charge < -0.3 is 4.98 Å². The SMILES string of the molecule is CC.CC.CCc1nc2c(C)cccc2c(=O)[nH]1. The fraction of sp³-hybridized carbons (Fsp3) is 0.467. The Kier molecular flexibility index (Phi) is 7.68. The van der Waals surface area contributed by atoms with Crippen LogP contribution in [-0.4, -0.2) is 9.97 Å². The molecule has 0 saturated carbocycles. The van der Waals surface area contributed by atoms with Gasteiger partial charge in [0.25, 0.3) is 5.56 Å². The van der Waals surface area contributed by atoms with E-state index in [0.717, 1.165) is 23.3 Å². The van der Waals surface area contributed by atoms with Crippen LogP contribution in [-0.2, 0) is 6.42 Å². The van der Waals surface area contributed by atoms with Crippen LogP contribution in [0.5, 0.6) is 0 Å². The van der Waals surface area contributed by atoms with Gasteiger partial charge in [-0.05, 0) is 18.6 Å². The molecule has 0 radical (unpaired) electrons. The van der Waals surface area contributed by atoms with Crippen molar-refractivity contribution >= 4 is 10.9 Å². The fourth-order valence-electron chi connectivity index (χ4n) is 1.52. The molecule has 0 bridgehead atoms. The first-order valence-electron chi connectivity index (χ1n) is 6.71. The summed E-state index contributed by atoms with van der Waals surface area (Å²) in [7, 11) is 0. The van der Waals surface area contributed by atoms with E-state index in [4.69, 9.17) is 0 Å². The molecule has 0 unspecified atom stereocenters. The number of nitrogens with zero attached hydrogens (tertiary/aromatic N) is 1. The maximum Gasteiger partial charge on any atom is 0.258 e. The number of para-hydroxylation sites is 1. The monoisotopic (exact) mass is 248 g/mol. The smallest absolute Gasteiger partial charge is 0.258 e. The molecule has 0 aliphatic heterocycles. The Morgan fingerprint density at radius 2 is 1.78 bits per heavy atom. The summed E-state index contributed by atoms with van der Waals surface area (Å²) in [6.45, 7) is 11.9. The Morgan fingerprint density at radius 1 is 1.17 bits per heavy atom. The van der Waals surface area contributed by atoms with E-state index in [9.17, 15) is 4.79 Å². The third kappa shape index (κ3) is 3.69. The molecule has 0 spiro atoms. The molecule has 2 aromatic rings. The molecule has 0 aliphatic rings. The zero-order valence-electron chi connectivity index (χ0n) is 12.3. The zero-order chi connectivity index (χ0) is 14.1. The largest absolute Gasteiger partial charge is 0.310 e. The molecule has 0 saturated heterocycles. The van der Waals surface area contributed by atoms with Crippen LogP contribution in [0.4, 0.5) is 0 Å². The van der Waals surface area contributed by atoms with Gasteiger partial charge in [0.05, 0.1) is 10.9 Å². The quantitative estimate of drug-likeness (QED) is 0.833. The average Bonchev–Trinajstić information content (AvgIpc) is 2.44. The summed E-state index contributed by atoms with van der Waals surface area (Å²) in [5, 5.41) is 0.669. The van der Waals surface area contributed by atoms with Crippen LogP contribution in [0.3, 0.4) is 0 Å². The molecule has 1 N–H and O–H groups in total. The molecular formula is C15H24N2O. The number of rotatable bonds is 1. The summed E-state index contributed by atoms with van der Waals surface area (Å²) in [5.74, 6) is 0.747. The van der Waals surface area contributed by atoms with Gasteiger partial charge in [-0.25, -0.2) is 4.98 Å².